The summed E-state index contributed by atoms with van der Waals surface area (Å²) >= 11 is 2.48. The molecule has 25 heavy (non-hydrogen) atoms. The average Bonchev–Trinajstić information content (AvgIpc) is 2.90. The maximum atomic E-state index is 12.8. The van der Waals surface area contributed by atoms with Crippen LogP contribution in [-0.4, -0.2) is 28.5 Å². The molecule has 7 nitrogen and oxygen atoms in total. The largest absolute Gasteiger partial charge is 0.369 e. The van der Waals surface area contributed by atoms with Crippen LogP contribution in [0, 0.1) is 12.7 Å². The average molecular weight is 382 g/mol. The van der Waals surface area contributed by atoms with Gasteiger partial charge < -0.3 is 5.73 Å². The molecule has 3 amide bonds. The first-order chi connectivity index (χ1) is 11.8. The highest BCUT2D eigenvalue weighted by atomic mass is 32.2. The third-order valence-electron chi connectivity index (χ3n) is 2.96. The molecule has 2 rings (SSSR count). The number of benzene rings is 1. The van der Waals surface area contributed by atoms with Gasteiger partial charge in [0.05, 0.1) is 17.9 Å². The second kappa shape index (κ2) is 8.58. The second-order valence-electron chi connectivity index (χ2n) is 4.93. The topological polar surface area (TPSA) is 114 Å². The van der Waals surface area contributed by atoms with Crippen molar-refractivity contribution in [3.05, 3.63) is 46.2 Å². The number of hydrogen-bond donors (Lipinski definition) is 3. The molecule has 0 aliphatic rings. The van der Waals surface area contributed by atoms with Gasteiger partial charge in [0.1, 0.15) is 5.82 Å². The van der Waals surface area contributed by atoms with E-state index in [4.69, 9.17) is 5.73 Å². The number of primary amides is 1. The van der Waals surface area contributed by atoms with Crippen molar-refractivity contribution in [3.63, 3.8) is 0 Å². The lowest BCUT2D eigenvalue weighted by Crippen LogP contribution is -2.42. The van der Waals surface area contributed by atoms with Crippen molar-refractivity contribution >= 4 is 40.8 Å². The summed E-state index contributed by atoms with van der Waals surface area (Å²) in [6, 6.07) is 4.93. The van der Waals surface area contributed by atoms with Gasteiger partial charge in [-0.3, -0.25) is 25.2 Å². The Balaban J connectivity index is 1.80. The SMILES string of the molecule is Cc1nc(SCC(=O)NNC(=O)c2ccc(F)cc2)sc1CC(N)=O. The predicted molar refractivity (Wildman–Crippen MR) is 92.5 cm³/mol. The molecule has 0 radical (unpaired) electrons. The van der Waals surface area contributed by atoms with Crippen molar-refractivity contribution < 1.29 is 18.8 Å². The van der Waals surface area contributed by atoms with E-state index >= 15 is 0 Å². The van der Waals surface area contributed by atoms with Crippen LogP contribution in [0.15, 0.2) is 28.6 Å². The van der Waals surface area contributed by atoms with E-state index in [1.807, 2.05) is 0 Å². The van der Waals surface area contributed by atoms with Crippen LogP contribution < -0.4 is 16.6 Å². The second-order valence-corrected chi connectivity index (χ2v) is 7.24. The molecule has 0 unspecified atom stereocenters. The molecule has 1 aromatic carbocycles. The van der Waals surface area contributed by atoms with Crippen molar-refractivity contribution in [2.75, 3.05) is 5.75 Å². The van der Waals surface area contributed by atoms with E-state index in [0.29, 0.717) is 10.0 Å². The molecule has 0 saturated carbocycles. The molecule has 0 aliphatic carbocycles. The third kappa shape index (κ3) is 5.84. The molecule has 132 valence electrons. The van der Waals surface area contributed by atoms with Gasteiger partial charge in [-0.25, -0.2) is 9.37 Å². The minimum absolute atomic E-state index is 0.0344. The molecule has 0 spiro atoms. The lowest BCUT2D eigenvalue weighted by atomic mass is 10.2. The molecule has 1 aromatic heterocycles. The van der Waals surface area contributed by atoms with E-state index in [9.17, 15) is 18.8 Å². The fraction of sp³-hybridized carbons (Fsp3) is 0.200. The Morgan fingerprint density at radius 3 is 2.56 bits per heavy atom. The minimum atomic E-state index is -0.549. The van der Waals surface area contributed by atoms with E-state index in [1.165, 1.54) is 35.2 Å². The number of carbonyl (C=O) groups excluding carboxylic acids is 3. The van der Waals surface area contributed by atoms with Gasteiger partial charge in [-0.15, -0.1) is 11.3 Å². The lowest BCUT2D eigenvalue weighted by Gasteiger charge is -2.06. The molecule has 10 heteroatoms. The van der Waals surface area contributed by atoms with Gasteiger partial charge in [0.25, 0.3) is 5.91 Å². The fourth-order valence-corrected chi connectivity index (χ4v) is 3.79. The number of hydrogen-bond acceptors (Lipinski definition) is 6. The zero-order valence-electron chi connectivity index (χ0n) is 13.2. The number of halogens is 1. The zero-order chi connectivity index (χ0) is 18.4. The molecule has 1 heterocycles. The number of carbonyl (C=O) groups is 3. The number of hydrazine groups is 1. The van der Waals surface area contributed by atoms with Gasteiger partial charge in [0, 0.05) is 10.4 Å². The Kier molecular flexibility index (Phi) is 6.48. The summed E-state index contributed by atoms with van der Waals surface area (Å²) in [5.74, 6) is -1.83. The molecule has 0 fully saturated rings. The monoisotopic (exact) mass is 382 g/mol. The number of rotatable bonds is 6. The first-order valence-electron chi connectivity index (χ1n) is 7.07. The van der Waals surface area contributed by atoms with E-state index in [1.54, 1.807) is 6.92 Å². The van der Waals surface area contributed by atoms with Crippen molar-refractivity contribution in [2.24, 2.45) is 5.73 Å². The number of aromatic nitrogens is 1. The highest BCUT2D eigenvalue weighted by molar-refractivity contribution is 8.01. The zero-order valence-corrected chi connectivity index (χ0v) is 14.8. The van der Waals surface area contributed by atoms with Crippen molar-refractivity contribution in [2.45, 2.75) is 17.7 Å². The first kappa shape index (κ1) is 18.9. The molecule has 0 atom stereocenters. The summed E-state index contributed by atoms with van der Waals surface area (Å²) in [5, 5.41) is 0. The summed E-state index contributed by atoms with van der Waals surface area (Å²) in [6.45, 7) is 1.77. The Hall–Kier alpha value is -2.46. The van der Waals surface area contributed by atoms with Crippen molar-refractivity contribution in [1.82, 2.24) is 15.8 Å². The van der Waals surface area contributed by atoms with Crippen LogP contribution in [0.3, 0.4) is 0 Å². The number of nitrogens with two attached hydrogens (primary N) is 1. The standard InChI is InChI=1S/C15H15FN4O3S2/c1-8-11(6-12(17)21)25-15(18-8)24-7-13(22)19-20-14(23)9-2-4-10(16)5-3-9/h2-5H,6-7H2,1H3,(H2,17,21)(H,19,22)(H,20,23). The summed E-state index contributed by atoms with van der Waals surface area (Å²) in [7, 11) is 0. The number of thioether (sulfide) groups is 1. The summed E-state index contributed by atoms with van der Waals surface area (Å²) in [5.41, 5.74) is 10.6. The van der Waals surface area contributed by atoms with Crippen LogP contribution in [0.2, 0.25) is 0 Å². The fourth-order valence-electron chi connectivity index (χ4n) is 1.75. The van der Waals surface area contributed by atoms with Crippen molar-refractivity contribution in [3.8, 4) is 0 Å². The van der Waals surface area contributed by atoms with Gasteiger partial charge >= 0.3 is 0 Å². The van der Waals surface area contributed by atoms with Gasteiger partial charge in [-0.2, -0.15) is 0 Å². The molecule has 0 bridgehead atoms. The van der Waals surface area contributed by atoms with Crippen LogP contribution in [0.25, 0.3) is 0 Å². The van der Waals surface area contributed by atoms with E-state index in [2.05, 4.69) is 15.8 Å². The lowest BCUT2D eigenvalue weighted by molar-refractivity contribution is -0.119. The Labute approximate surface area is 151 Å². The number of thiazole rings is 1. The van der Waals surface area contributed by atoms with Crippen LogP contribution in [-0.2, 0) is 16.0 Å². The van der Waals surface area contributed by atoms with E-state index in [-0.39, 0.29) is 17.7 Å². The summed E-state index contributed by atoms with van der Waals surface area (Å²) in [4.78, 5) is 39.5. The highest BCUT2D eigenvalue weighted by Gasteiger charge is 2.12. The highest BCUT2D eigenvalue weighted by Crippen LogP contribution is 2.27. The maximum absolute atomic E-state index is 12.8. The van der Waals surface area contributed by atoms with E-state index in [0.717, 1.165) is 17.0 Å². The van der Waals surface area contributed by atoms with Crippen LogP contribution in [0.1, 0.15) is 20.9 Å². The number of nitrogens with zero attached hydrogens (tertiary/aromatic N) is 1. The summed E-state index contributed by atoms with van der Waals surface area (Å²) in [6.07, 6.45) is 0.115. The smallest absolute Gasteiger partial charge is 0.269 e. The van der Waals surface area contributed by atoms with Gasteiger partial charge in [-0.05, 0) is 31.2 Å². The number of aryl methyl sites for hydroxylation is 1. The molecular formula is C15H15FN4O3S2. The van der Waals surface area contributed by atoms with Crippen LogP contribution >= 0.6 is 23.1 Å². The van der Waals surface area contributed by atoms with Gasteiger partial charge in [0.2, 0.25) is 11.8 Å². The molecular weight excluding hydrogens is 367 g/mol. The summed E-state index contributed by atoms with van der Waals surface area (Å²) < 4.78 is 13.4. The van der Waals surface area contributed by atoms with Gasteiger partial charge in [-0.1, -0.05) is 11.8 Å². The number of amides is 3. The molecule has 0 aliphatic heterocycles. The third-order valence-corrected chi connectivity index (χ3v) is 5.26. The molecule has 2 aromatic rings. The minimum Gasteiger partial charge on any atom is -0.369 e. The molecule has 0 saturated heterocycles. The van der Waals surface area contributed by atoms with Crippen LogP contribution in [0.5, 0.6) is 0 Å². The number of nitrogens with one attached hydrogen (secondary N) is 2. The quantitative estimate of drug-likeness (QED) is 0.513. The van der Waals surface area contributed by atoms with E-state index < -0.39 is 23.5 Å². The maximum Gasteiger partial charge on any atom is 0.269 e. The molecule has 4 N–H and O–H groups in total. The van der Waals surface area contributed by atoms with Gasteiger partial charge in [0.15, 0.2) is 4.34 Å². The Morgan fingerprint density at radius 2 is 1.92 bits per heavy atom. The normalized spacial score (nSPS) is 10.3. The predicted octanol–water partition coefficient (Wildman–Crippen LogP) is 1.17. The van der Waals surface area contributed by atoms with Crippen LogP contribution in [0.4, 0.5) is 4.39 Å². The Bertz CT molecular complexity index is 793. The Morgan fingerprint density at radius 1 is 1.24 bits per heavy atom. The first-order valence-corrected chi connectivity index (χ1v) is 8.87. The van der Waals surface area contributed by atoms with Crippen molar-refractivity contribution in [1.29, 1.82) is 0 Å².